The van der Waals surface area contributed by atoms with Gasteiger partial charge in [0.05, 0.1) is 10.6 Å². The van der Waals surface area contributed by atoms with Crippen molar-refractivity contribution in [1.82, 2.24) is 0 Å². The Morgan fingerprint density at radius 3 is 2.81 bits per heavy atom. The fourth-order valence-electron chi connectivity index (χ4n) is 2.42. The predicted octanol–water partition coefficient (Wildman–Crippen LogP) is 3.64. The molecule has 0 saturated heterocycles. The van der Waals surface area contributed by atoms with Crippen LogP contribution < -0.4 is 15.7 Å². The molecule has 0 aliphatic rings. The summed E-state index contributed by atoms with van der Waals surface area (Å²) < 4.78 is 10.6. The van der Waals surface area contributed by atoms with Crippen LogP contribution >= 0.6 is 11.6 Å². The highest BCUT2D eigenvalue weighted by atomic mass is 35.5. The number of nitrogens with zero attached hydrogens (tertiary/aromatic N) is 1. The van der Waals surface area contributed by atoms with Gasteiger partial charge < -0.3 is 14.5 Å². The van der Waals surface area contributed by atoms with Gasteiger partial charge in [0.15, 0.2) is 6.61 Å². The second kappa shape index (κ2) is 7.30. The molecule has 1 aromatic heterocycles. The third-order valence-electron chi connectivity index (χ3n) is 3.67. The van der Waals surface area contributed by atoms with Crippen LogP contribution in [0.3, 0.4) is 0 Å². The molecule has 1 heterocycles. The van der Waals surface area contributed by atoms with E-state index in [9.17, 15) is 9.59 Å². The van der Waals surface area contributed by atoms with E-state index in [1.54, 1.807) is 24.3 Å². The lowest BCUT2D eigenvalue weighted by atomic mass is 10.1. The van der Waals surface area contributed by atoms with Crippen molar-refractivity contribution in [3.05, 3.63) is 69.0 Å². The molecule has 3 rings (SSSR count). The Kier molecular flexibility index (Phi) is 4.92. The van der Waals surface area contributed by atoms with Crippen LogP contribution in [-0.2, 0) is 4.79 Å². The van der Waals surface area contributed by atoms with Crippen molar-refractivity contribution in [3.8, 4) is 11.8 Å². The maximum absolute atomic E-state index is 12.0. The summed E-state index contributed by atoms with van der Waals surface area (Å²) in [5.41, 5.74) is 1.55. The number of halogens is 1. The number of nitriles is 1. The van der Waals surface area contributed by atoms with Gasteiger partial charge in [-0.15, -0.1) is 0 Å². The van der Waals surface area contributed by atoms with E-state index in [1.165, 1.54) is 18.2 Å². The first-order chi connectivity index (χ1) is 12.5. The molecule has 1 N–H and O–H groups in total. The molecule has 0 aliphatic heterocycles. The molecule has 2 aromatic carbocycles. The molecular formula is C19H13ClN2O4. The minimum Gasteiger partial charge on any atom is -0.484 e. The number of carbonyl (C=O) groups excluding carboxylic acids is 1. The van der Waals surface area contributed by atoms with Crippen molar-refractivity contribution in [2.45, 2.75) is 6.92 Å². The molecule has 0 radical (unpaired) electrons. The van der Waals surface area contributed by atoms with Gasteiger partial charge in [-0.2, -0.15) is 5.26 Å². The van der Waals surface area contributed by atoms with Crippen LogP contribution in [0.4, 0.5) is 5.69 Å². The molecule has 130 valence electrons. The van der Waals surface area contributed by atoms with Crippen LogP contribution in [0.5, 0.6) is 5.75 Å². The summed E-state index contributed by atoms with van der Waals surface area (Å²) >= 11 is 5.93. The Morgan fingerprint density at radius 1 is 1.27 bits per heavy atom. The normalized spacial score (nSPS) is 10.3. The van der Waals surface area contributed by atoms with Gasteiger partial charge in [0.2, 0.25) is 0 Å². The first-order valence-electron chi connectivity index (χ1n) is 7.63. The van der Waals surface area contributed by atoms with E-state index >= 15 is 0 Å². The molecule has 26 heavy (non-hydrogen) atoms. The van der Waals surface area contributed by atoms with Crippen molar-refractivity contribution < 1.29 is 13.9 Å². The van der Waals surface area contributed by atoms with Crippen LogP contribution in [-0.4, -0.2) is 12.5 Å². The highest BCUT2D eigenvalue weighted by Crippen LogP contribution is 2.23. The van der Waals surface area contributed by atoms with Crippen molar-refractivity contribution in [2.75, 3.05) is 11.9 Å². The molecule has 0 saturated carbocycles. The Bertz CT molecular complexity index is 1100. The molecule has 1 amide bonds. The molecule has 0 unspecified atom stereocenters. The minimum atomic E-state index is -0.442. The van der Waals surface area contributed by atoms with Crippen molar-refractivity contribution in [1.29, 1.82) is 5.26 Å². The molecule has 3 aromatic rings. The van der Waals surface area contributed by atoms with Gasteiger partial charge in [-0.1, -0.05) is 11.6 Å². The van der Waals surface area contributed by atoms with E-state index in [-0.39, 0.29) is 11.6 Å². The maximum Gasteiger partial charge on any atom is 0.336 e. The van der Waals surface area contributed by atoms with Gasteiger partial charge in [-0.05, 0) is 42.8 Å². The van der Waals surface area contributed by atoms with E-state index in [1.807, 2.05) is 13.0 Å². The summed E-state index contributed by atoms with van der Waals surface area (Å²) in [5, 5.41) is 12.5. The topological polar surface area (TPSA) is 92.3 Å². The molecule has 0 fully saturated rings. The number of rotatable bonds is 4. The second-order valence-electron chi connectivity index (χ2n) is 5.55. The van der Waals surface area contributed by atoms with E-state index in [2.05, 4.69) is 5.32 Å². The smallest absolute Gasteiger partial charge is 0.336 e. The van der Waals surface area contributed by atoms with E-state index in [0.29, 0.717) is 22.6 Å². The summed E-state index contributed by atoms with van der Waals surface area (Å²) in [4.78, 5) is 23.5. The van der Waals surface area contributed by atoms with Crippen LogP contribution in [0.2, 0.25) is 5.02 Å². The summed E-state index contributed by atoms with van der Waals surface area (Å²) in [6, 6.07) is 13.0. The van der Waals surface area contributed by atoms with E-state index < -0.39 is 11.5 Å². The molecule has 7 heteroatoms. The number of carbonyl (C=O) groups is 1. The molecule has 0 spiro atoms. The zero-order valence-corrected chi connectivity index (χ0v) is 14.5. The van der Waals surface area contributed by atoms with E-state index in [0.717, 1.165) is 10.9 Å². The number of amides is 1. The van der Waals surface area contributed by atoms with E-state index in [4.69, 9.17) is 26.0 Å². The van der Waals surface area contributed by atoms with Crippen molar-refractivity contribution >= 4 is 34.2 Å². The Labute approximate surface area is 153 Å². The number of hydrogen-bond acceptors (Lipinski definition) is 5. The number of nitrogens with one attached hydrogen (secondary N) is 1. The molecule has 0 atom stereocenters. The third-order valence-corrected chi connectivity index (χ3v) is 3.98. The molecule has 6 nitrogen and oxygen atoms in total. The number of fused-ring (bicyclic) bond motifs is 1. The van der Waals surface area contributed by atoms with Crippen LogP contribution in [0.1, 0.15) is 11.1 Å². The fourth-order valence-corrected chi connectivity index (χ4v) is 2.65. The lowest BCUT2D eigenvalue weighted by molar-refractivity contribution is -0.118. The van der Waals surface area contributed by atoms with Crippen molar-refractivity contribution in [3.63, 3.8) is 0 Å². The van der Waals surface area contributed by atoms with Gasteiger partial charge in [0.1, 0.15) is 17.4 Å². The molecule has 0 aliphatic carbocycles. The predicted molar refractivity (Wildman–Crippen MR) is 97.5 cm³/mol. The van der Waals surface area contributed by atoms with Crippen LogP contribution in [0.15, 0.2) is 51.7 Å². The molecular weight excluding hydrogens is 356 g/mol. The van der Waals surface area contributed by atoms with Gasteiger partial charge in [0.25, 0.3) is 5.91 Å². The van der Waals surface area contributed by atoms with Crippen molar-refractivity contribution in [2.24, 2.45) is 0 Å². The zero-order valence-electron chi connectivity index (χ0n) is 13.7. The third kappa shape index (κ3) is 3.85. The standard InChI is InChI=1S/C19H13ClN2O4/c1-11-6-19(24)26-17-8-14(4-5-15(11)17)25-10-18(23)22-13-3-2-12(9-21)16(20)7-13/h2-8H,10H2,1H3,(H,22,23). The number of ether oxygens (including phenoxy) is 1. The monoisotopic (exact) mass is 368 g/mol. The first kappa shape index (κ1) is 17.5. The summed E-state index contributed by atoms with van der Waals surface area (Å²) in [7, 11) is 0. The highest BCUT2D eigenvalue weighted by Gasteiger charge is 2.08. The minimum absolute atomic E-state index is 0.237. The number of aryl methyl sites for hydroxylation is 1. The Balaban J connectivity index is 1.68. The highest BCUT2D eigenvalue weighted by molar-refractivity contribution is 6.32. The van der Waals surface area contributed by atoms with Gasteiger partial charge in [-0.3, -0.25) is 4.79 Å². The number of hydrogen-bond donors (Lipinski definition) is 1. The largest absolute Gasteiger partial charge is 0.484 e. The number of benzene rings is 2. The maximum atomic E-state index is 12.0. The lowest BCUT2D eigenvalue weighted by Gasteiger charge is -2.09. The summed E-state index contributed by atoms with van der Waals surface area (Å²) in [5.74, 6) is 0.0100. The fraction of sp³-hybridized carbons (Fsp3) is 0.105. The van der Waals surface area contributed by atoms with Gasteiger partial charge >= 0.3 is 5.63 Å². The molecule has 0 bridgehead atoms. The first-order valence-corrected chi connectivity index (χ1v) is 8.01. The van der Waals surface area contributed by atoms with Gasteiger partial charge in [-0.25, -0.2) is 4.79 Å². The van der Waals surface area contributed by atoms with Crippen LogP contribution in [0.25, 0.3) is 11.0 Å². The summed E-state index contributed by atoms with van der Waals surface area (Å²) in [6.07, 6.45) is 0. The van der Waals surface area contributed by atoms with Gasteiger partial charge in [0, 0.05) is 23.2 Å². The quantitative estimate of drug-likeness (QED) is 0.709. The lowest BCUT2D eigenvalue weighted by Crippen LogP contribution is -2.20. The average molecular weight is 369 g/mol. The second-order valence-corrected chi connectivity index (χ2v) is 5.96. The summed E-state index contributed by atoms with van der Waals surface area (Å²) in [6.45, 7) is 1.58. The SMILES string of the molecule is Cc1cc(=O)oc2cc(OCC(=O)Nc3ccc(C#N)c(Cl)c3)ccc12. The van der Waals surface area contributed by atoms with Crippen LogP contribution in [0, 0.1) is 18.3 Å². The number of anilines is 1. The average Bonchev–Trinajstić information content (AvgIpc) is 2.59. The Morgan fingerprint density at radius 2 is 2.08 bits per heavy atom. The Hall–Kier alpha value is -3.30. The zero-order chi connectivity index (χ0) is 18.7.